The van der Waals surface area contributed by atoms with Gasteiger partial charge in [0.25, 0.3) is 0 Å². The zero-order valence-corrected chi connectivity index (χ0v) is 21.8. The second-order valence-electron chi connectivity index (χ2n) is 8.90. The van der Waals surface area contributed by atoms with Gasteiger partial charge in [-0.1, -0.05) is 0 Å². The van der Waals surface area contributed by atoms with Crippen LogP contribution in [0.25, 0.3) is 0 Å². The Labute approximate surface area is 201 Å². The fraction of sp³-hybridized carbons (Fsp3) is 0.591. The predicted octanol–water partition coefficient (Wildman–Crippen LogP) is 4.39. The minimum atomic E-state index is -1.23. The van der Waals surface area contributed by atoms with Gasteiger partial charge in [0, 0.05) is 12.0 Å². The molecule has 0 aliphatic heterocycles. The van der Waals surface area contributed by atoms with Gasteiger partial charge in [-0.2, -0.15) is 0 Å². The fourth-order valence-electron chi connectivity index (χ4n) is 2.67. The van der Waals surface area contributed by atoms with E-state index in [2.05, 4.69) is 5.32 Å². The zero-order chi connectivity index (χ0) is 24.9. The van der Waals surface area contributed by atoms with Crippen LogP contribution in [0.2, 0.25) is 0 Å². The van der Waals surface area contributed by atoms with Crippen molar-refractivity contribution in [2.24, 2.45) is 0 Å². The van der Waals surface area contributed by atoms with E-state index in [1.54, 1.807) is 71.1 Å². The van der Waals surface area contributed by atoms with Crippen molar-refractivity contribution in [1.29, 1.82) is 0 Å². The minimum absolute atomic E-state index is 0.0237. The van der Waals surface area contributed by atoms with Crippen molar-refractivity contribution in [1.82, 2.24) is 5.32 Å². The van der Waals surface area contributed by atoms with E-state index < -0.39 is 41.1 Å². The van der Waals surface area contributed by atoms with Crippen LogP contribution in [0.15, 0.2) is 6.07 Å². The van der Waals surface area contributed by atoms with Crippen molar-refractivity contribution >= 4 is 40.6 Å². The number of amides is 1. The third-order valence-electron chi connectivity index (χ3n) is 3.74. The normalized spacial score (nSPS) is 12.6. The highest BCUT2D eigenvalue weighted by molar-refractivity contribution is 14.1. The number of carbonyl (C=O) groups is 3. The summed E-state index contributed by atoms with van der Waals surface area (Å²) < 4.78 is 35.7. The summed E-state index contributed by atoms with van der Waals surface area (Å²) in [6.45, 7) is 11.8. The summed E-state index contributed by atoms with van der Waals surface area (Å²) in [5.41, 5.74) is -1.54. The maximum absolute atomic E-state index is 14.7. The Hall–Kier alpha value is -2.11. The second-order valence-corrected chi connectivity index (χ2v) is 9.98. The Morgan fingerprint density at radius 1 is 1.09 bits per heavy atom. The standard InChI is InChI=1S/C22H31FINO7/c1-9-30-19(27)15-16(24)13(23)10-12(17(15)29-8)11-14(18(26)31-21(2,3)4)25-20(28)32-22(5,6)7/h10,14H,9,11H2,1-8H3,(H,25,28). The molecule has 0 aliphatic rings. The summed E-state index contributed by atoms with van der Waals surface area (Å²) in [5, 5.41) is 2.47. The van der Waals surface area contributed by atoms with Crippen LogP contribution in [-0.4, -0.2) is 49.0 Å². The van der Waals surface area contributed by atoms with Gasteiger partial charge in [-0.05, 0) is 77.1 Å². The average Bonchev–Trinajstić information content (AvgIpc) is 2.60. The van der Waals surface area contributed by atoms with Gasteiger partial charge in [0.15, 0.2) is 0 Å². The molecule has 0 aliphatic carbocycles. The van der Waals surface area contributed by atoms with Crippen molar-refractivity contribution in [2.75, 3.05) is 13.7 Å². The quantitative estimate of drug-likeness (QED) is 0.296. The van der Waals surface area contributed by atoms with Crippen LogP contribution in [0.5, 0.6) is 5.75 Å². The third kappa shape index (κ3) is 8.44. The van der Waals surface area contributed by atoms with Gasteiger partial charge in [0.2, 0.25) is 0 Å². The molecule has 1 unspecified atom stereocenters. The number of halogens is 2. The highest BCUT2D eigenvalue weighted by Gasteiger charge is 2.32. The van der Waals surface area contributed by atoms with E-state index >= 15 is 0 Å². The number of methoxy groups -OCH3 is 1. The van der Waals surface area contributed by atoms with Crippen LogP contribution in [0, 0.1) is 9.39 Å². The molecule has 1 rings (SSSR count). The Morgan fingerprint density at radius 2 is 1.66 bits per heavy atom. The first-order valence-corrected chi connectivity index (χ1v) is 11.1. The number of rotatable bonds is 7. The minimum Gasteiger partial charge on any atom is -0.496 e. The van der Waals surface area contributed by atoms with E-state index in [1.807, 2.05) is 0 Å². The number of esters is 2. The molecule has 0 saturated heterocycles. The molecule has 1 amide bonds. The van der Waals surface area contributed by atoms with Gasteiger partial charge in [-0.25, -0.2) is 18.8 Å². The summed E-state index contributed by atoms with van der Waals surface area (Å²) in [7, 11) is 1.32. The fourth-order valence-corrected chi connectivity index (χ4v) is 3.29. The molecular weight excluding hydrogens is 536 g/mol. The van der Waals surface area contributed by atoms with E-state index in [0.29, 0.717) is 0 Å². The largest absolute Gasteiger partial charge is 0.496 e. The molecule has 180 valence electrons. The lowest BCUT2D eigenvalue weighted by Crippen LogP contribution is -2.47. The van der Waals surface area contributed by atoms with Crippen molar-refractivity contribution < 1.29 is 37.7 Å². The maximum Gasteiger partial charge on any atom is 0.408 e. The smallest absolute Gasteiger partial charge is 0.408 e. The summed E-state index contributed by atoms with van der Waals surface area (Å²) >= 11 is 1.69. The molecule has 8 nitrogen and oxygen atoms in total. The molecule has 1 aromatic carbocycles. The van der Waals surface area contributed by atoms with E-state index in [4.69, 9.17) is 18.9 Å². The van der Waals surface area contributed by atoms with Crippen molar-refractivity contribution in [2.45, 2.75) is 72.1 Å². The molecule has 1 aromatic rings. The number of nitrogens with one attached hydrogen (secondary N) is 1. The van der Waals surface area contributed by atoms with Crippen LogP contribution < -0.4 is 10.1 Å². The first kappa shape index (κ1) is 27.9. The number of alkyl carbamates (subject to hydrolysis) is 1. The van der Waals surface area contributed by atoms with Gasteiger partial charge < -0.3 is 24.3 Å². The Bertz CT molecular complexity index is 859. The molecule has 0 fully saturated rings. The Balaban J connectivity index is 3.43. The van der Waals surface area contributed by atoms with Crippen LogP contribution in [0.4, 0.5) is 9.18 Å². The number of carbonyl (C=O) groups excluding carboxylic acids is 3. The lowest BCUT2D eigenvalue weighted by molar-refractivity contribution is -0.157. The van der Waals surface area contributed by atoms with Crippen molar-refractivity contribution in [3.05, 3.63) is 26.6 Å². The van der Waals surface area contributed by atoms with E-state index in [9.17, 15) is 18.8 Å². The SMILES string of the molecule is CCOC(=O)c1c(I)c(F)cc(CC(NC(=O)OC(C)(C)C)C(=O)OC(C)(C)C)c1OC. The highest BCUT2D eigenvalue weighted by atomic mass is 127. The third-order valence-corrected chi connectivity index (χ3v) is 4.79. The molecule has 1 N–H and O–H groups in total. The molecule has 10 heteroatoms. The maximum atomic E-state index is 14.7. The summed E-state index contributed by atoms with van der Waals surface area (Å²) in [4.78, 5) is 37.6. The lowest BCUT2D eigenvalue weighted by Gasteiger charge is -2.27. The van der Waals surface area contributed by atoms with Gasteiger partial charge >= 0.3 is 18.0 Å². The molecule has 0 aromatic heterocycles. The molecule has 0 heterocycles. The summed E-state index contributed by atoms with van der Waals surface area (Å²) in [5.74, 6) is -2.15. The lowest BCUT2D eigenvalue weighted by atomic mass is 10.0. The zero-order valence-electron chi connectivity index (χ0n) is 19.7. The van der Waals surface area contributed by atoms with E-state index in [0.717, 1.165) is 6.07 Å². The first-order valence-electron chi connectivity index (χ1n) is 10.0. The Kier molecular flexibility index (Phi) is 9.73. The Morgan fingerprint density at radius 3 is 2.12 bits per heavy atom. The summed E-state index contributed by atoms with van der Waals surface area (Å²) in [6.07, 6.45) is -1.05. The van der Waals surface area contributed by atoms with Gasteiger partial charge in [-0.15, -0.1) is 0 Å². The van der Waals surface area contributed by atoms with E-state index in [1.165, 1.54) is 7.11 Å². The van der Waals surface area contributed by atoms with Gasteiger partial charge in [0.1, 0.15) is 34.4 Å². The number of ether oxygens (including phenoxy) is 4. The number of hydrogen-bond donors (Lipinski definition) is 1. The van der Waals surface area contributed by atoms with Crippen molar-refractivity contribution in [3.8, 4) is 5.75 Å². The van der Waals surface area contributed by atoms with Crippen LogP contribution in [-0.2, 0) is 25.4 Å². The van der Waals surface area contributed by atoms with Gasteiger partial charge in [-0.3, -0.25) is 0 Å². The molecule has 0 radical (unpaired) electrons. The van der Waals surface area contributed by atoms with Crippen molar-refractivity contribution in [3.63, 3.8) is 0 Å². The molecular formula is C22H31FINO7. The molecule has 32 heavy (non-hydrogen) atoms. The summed E-state index contributed by atoms with van der Waals surface area (Å²) in [6, 6.07) is -0.0789. The average molecular weight is 567 g/mol. The molecule has 0 bridgehead atoms. The van der Waals surface area contributed by atoms with Gasteiger partial charge in [0.05, 0.1) is 17.3 Å². The molecule has 0 spiro atoms. The second kappa shape index (κ2) is 11.2. The van der Waals surface area contributed by atoms with E-state index in [-0.39, 0.29) is 33.5 Å². The van der Waals surface area contributed by atoms with Crippen LogP contribution in [0.1, 0.15) is 64.4 Å². The molecule has 1 atom stereocenters. The topological polar surface area (TPSA) is 100 Å². The van der Waals surface area contributed by atoms with Crippen LogP contribution in [0.3, 0.4) is 0 Å². The number of hydrogen-bond acceptors (Lipinski definition) is 7. The highest BCUT2D eigenvalue weighted by Crippen LogP contribution is 2.32. The predicted molar refractivity (Wildman–Crippen MR) is 124 cm³/mol. The monoisotopic (exact) mass is 567 g/mol. The van der Waals surface area contributed by atoms with Crippen LogP contribution >= 0.6 is 22.6 Å². The molecule has 0 saturated carbocycles. The number of benzene rings is 1. The first-order chi connectivity index (χ1) is 14.6.